The maximum atomic E-state index is 12.1. The lowest BCUT2D eigenvalue weighted by Crippen LogP contribution is -2.28. The molecule has 120 valence electrons. The van der Waals surface area contributed by atoms with Crippen molar-refractivity contribution in [3.05, 3.63) is 29.8 Å². The largest absolute Gasteiger partial charge is 0.376 e. The Labute approximate surface area is 132 Å². The third kappa shape index (κ3) is 4.55. The van der Waals surface area contributed by atoms with E-state index < -0.39 is 0 Å². The lowest BCUT2D eigenvalue weighted by molar-refractivity contribution is -0.117. The summed E-state index contributed by atoms with van der Waals surface area (Å²) in [4.78, 5) is 12.1. The van der Waals surface area contributed by atoms with Gasteiger partial charge in [0.2, 0.25) is 5.91 Å². The number of amides is 1. The molecule has 4 heteroatoms. The highest BCUT2D eigenvalue weighted by Crippen LogP contribution is 2.29. The quantitative estimate of drug-likeness (QED) is 0.813. The Hall–Kier alpha value is -1.39. The van der Waals surface area contributed by atoms with Gasteiger partial charge in [0.1, 0.15) is 0 Å². The van der Waals surface area contributed by atoms with Gasteiger partial charge in [0, 0.05) is 24.8 Å². The van der Waals surface area contributed by atoms with Gasteiger partial charge in [-0.15, -0.1) is 0 Å². The van der Waals surface area contributed by atoms with Crippen LogP contribution in [0.3, 0.4) is 0 Å². The maximum Gasteiger partial charge on any atom is 0.224 e. The summed E-state index contributed by atoms with van der Waals surface area (Å²) in [6.07, 6.45) is 6.41. The van der Waals surface area contributed by atoms with Crippen molar-refractivity contribution in [1.29, 1.82) is 0 Å². The zero-order valence-electron chi connectivity index (χ0n) is 13.1. The fourth-order valence-corrected chi connectivity index (χ4v) is 3.14. The fourth-order valence-electron chi connectivity index (χ4n) is 3.14. The molecule has 1 aromatic carbocycles. The SMILES string of the molecule is N[C@@H]1CCC[C@H]1CC(=O)Nc1cccc(COCC2CC2)c1. The van der Waals surface area contributed by atoms with Crippen LogP contribution in [0.5, 0.6) is 0 Å². The number of nitrogens with one attached hydrogen (secondary N) is 1. The minimum absolute atomic E-state index is 0.0680. The van der Waals surface area contributed by atoms with E-state index in [0.29, 0.717) is 18.9 Å². The molecule has 1 aromatic rings. The fraction of sp³-hybridized carbons (Fsp3) is 0.611. The van der Waals surface area contributed by atoms with Gasteiger partial charge in [-0.25, -0.2) is 0 Å². The molecular weight excluding hydrogens is 276 g/mol. The van der Waals surface area contributed by atoms with Crippen LogP contribution in [-0.2, 0) is 16.1 Å². The van der Waals surface area contributed by atoms with E-state index in [1.165, 1.54) is 12.8 Å². The number of ether oxygens (including phenoxy) is 1. The molecule has 2 aliphatic rings. The van der Waals surface area contributed by atoms with Gasteiger partial charge in [-0.2, -0.15) is 0 Å². The van der Waals surface area contributed by atoms with E-state index in [1.807, 2.05) is 24.3 Å². The Morgan fingerprint density at radius 1 is 1.27 bits per heavy atom. The highest BCUT2D eigenvalue weighted by Gasteiger charge is 2.26. The zero-order valence-corrected chi connectivity index (χ0v) is 13.1. The lowest BCUT2D eigenvalue weighted by Gasteiger charge is -2.15. The smallest absolute Gasteiger partial charge is 0.224 e. The van der Waals surface area contributed by atoms with Crippen LogP contribution in [0.4, 0.5) is 5.69 Å². The van der Waals surface area contributed by atoms with E-state index >= 15 is 0 Å². The molecule has 0 saturated heterocycles. The van der Waals surface area contributed by atoms with Gasteiger partial charge in [-0.05, 0) is 55.2 Å². The van der Waals surface area contributed by atoms with Crippen LogP contribution in [0.2, 0.25) is 0 Å². The van der Waals surface area contributed by atoms with Gasteiger partial charge >= 0.3 is 0 Å². The first-order valence-corrected chi connectivity index (χ1v) is 8.43. The minimum atomic E-state index is 0.0680. The molecule has 4 nitrogen and oxygen atoms in total. The van der Waals surface area contributed by atoms with Gasteiger partial charge in [-0.3, -0.25) is 4.79 Å². The van der Waals surface area contributed by atoms with E-state index in [1.54, 1.807) is 0 Å². The van der Waals surface area contributed by atoms with Gasteiger partial charge < -0.3 is 15.8 Å². The normalized spacial score (nSPS) is 24.4. The number of nitrogens with two attached hydrogens (primary N) is 1. The molecule has 2 saturated carbocycles. The Morgan fingerprint density at radius 3 is 2.86 bits per heavy atom. The molecule has 1 amide bonds. The maximum absolute atomic E-state index is 12.1. The summed E-state index contributed by atoms with van der Waals surface area (Å²) in [6.45, 7) is 1.48. The van der Waals surface area contributed by atoms with Gasteiger partial charge in [0.15, 0.2) is 0 Å². The number of anilines is 1. The molecule has 0 spiro atoms. The molecule has 0 unspecified atom stereocenters. The summed E-state index contributed by atoms with van der Waals surface area (Å²) in [5.74, 6) is 1.18. The zero-order chi connectivity index (χ0) is 15.4. The predicted molar refractivity (Wildman–Crippen MR) is 87.4 cm³/mol. The number of carbonyl (C=O) groups excluding carboxylic acids is 1. The molecule has 2 aliphatic carbocycles. The van der Waals surface area contributed by atoms with E-state index in [0.717, 1.165) is 43.0 Å². The Morgan fingerprint density at radius 2 is 2.14 bits per heavy atom. The highest BCUT2D eigenvalue weighted by molar-refractivity contribution is 5.91. The van der Waals surface area contributed by atoms with Crippen LogP contribution < -0.4 is 11.1 Å². The van der Waals surface area contributed by atoms with E-state index in [-0.39, 0.29) is 11.9 Å². The molecule has 2 fully saturated rings. The standard InChI is InChI=1S/C18H26N2O2/c19-17-6-2-4-15(17)10-18(21)20-16-5-1-3-14(9-16)12-22-11-13-7-8-13/h1,3,5,9,13,15,17H,2,4,6-8,10-12,19H2,(H,20,21)/t15-,17+/m0/s1. The number of rotatable bonds is 7. The average molecular weight is 302 g/mol. The third-order valence-electron chi connectivity index (χ3n) is 4.70. The van der Waals surface area contributed by atoms with E-state index in [4.69, 9.17) is 10.5 Å². The van der Waals surface area contributed by atoms with Gasteiger partial charge in [-0.1, -0.05) is 18.6 Å². The Balaban J connectivity index is 1.47. The van der Waals surface area contributed by atoms with Gasteiger partial charge in [0.25, 0.3) is 0 Å². The van der Waals surface area contributed by atoms with Crippen molar-refractivity contribution in [3.8, 4) is 0 Å². The van der Waals surface area contributed by atoms with E-state index in [2.05, 4.69) is 5.32 Å². The lowest BCUT2D eigenvalue weighted by atomic mass is 10.00. The molecule has 0 aromatic heterocycles. The minimum Gasteiger partial charge on any atom is -0.376 e. The molecular formula is C18H26N2O2. The molecule has 0 aliphatic heterocycles. The van der Waals surface area contributed by atoms with Gasteiger partial charge in [0.05, 0.1) is 6.61 Å². The van der Waals surface area contributed by atoms with Crippen molar-refractivity contribution in [2.45, 2.75) is 51.2 Å². The Bertz CT molecular complexity index is 514. The first-order chi connectivity index (χ1) is 10.7. The van der Waals surface area contributed by atoms with Crippen LogP contribution >= 0.6 is 0 Å². The van der Waals surface area contributed by atoms with Crippen LogP contribution in [0.15, 0.2) is 24.3 Å². The van der Waals surface area contributed by atoms with Crippen molar-refractivity contribution in [3.63, 3.8) is 0 Å². The van der Waals surface area contributed by atoms with E-state index in [9.17, 15) is 4.79 Å². The first-order valence-electron chi connectivity index (χ1n) is 8.43. The summed E-state index contributed by atoms with van der Waals surface area (Å²) in [5, 5.41) is 2.99. The van der Waals surface area contributed by atoms with Crippen LogP contribution in [0, 0.1) is 11.8 Å². The van der Waals surface area contributed by atoms with Crippen molar-refractivity contribution >= 4 is 11.6 Å². The summed E-state index contributed by atoms with van der Waals surface area (Å²) in [7, 11) is 0. The highest BCUT2D eigenvalue weighted by atomic mass is 16.5. The van der Waals surface area contributed by atoms with Crippen LogP contribution in [-0.4, -0.2) is 18.6 Å². The summed E-state index contributed by atoms with van der Waals surface area (Å²) in [6, 6.07) is 8.12. The molecule has 3 N–H and O–H groups in total. The number of hydrogen-bond acceptors (Lipinski definition) is 3. The monoisotopic (exact) mass is 302 g/mol. The van der Waals surface area contributed by atoms with Crippen molar-refractivity contribution < 1.29 is 9.53 Å². The molecule has 2 atom stereocenters. The predicted octanol–water partition coefficient (Wildman–Crippen LogP) is 3.07. The second-order valence-electron chi connectivity index (χ2n) is 6.77. The number of hydrogen-bond donors (Lipinski definition) is 2. The summed E-state index contributed by atoms with van der Waals surface area (Å²) >= 11 is 0. The Kier molecular flexibility index (Phi) is 5.11. The topological polar surface area (TPSA) is 64.4 Å². The average Bonchev–Trinajstić information content (AvgIpc) is 3.23. The summed E-state index contributed by atoms with van der Waals surface area (Å²) < 4.78 is 5.70. The van der Waals surface area contributed by atoms with Crippen molar-refractivity contribution in [2.24, 2.45) is 17.6 Å². The van der Waals surface area contributed by atoms with Crippen molar-refractivity contribution in [1.82, 2.24) is 0 Å². The first kappa shape index (κ1) is 15.5. The molecule has 0 heterocycles. The van der Waals surface area contributed by atoms with Crippen molar-refractivity contribution in [2.75, 3.05) is 11.9 Å². The number of carbonyl (C=O) groups is 1. The summed E-state index contributed by atoms with van der Waals surface area (Å²) in [5.41, 5.74) is 7.99. The second-order valence-corrected chi connectivity index (χ2v) is 6.77. The molecule has 3 rings (SSSR count). The second kappa shape index (κ2) is 7.25. The molecule has 0 radical (unpaired) electrons. The third-order valence-corrected chi connectivity index (χ3v) is 4.70. The van der Waals surface area contributed by atoms with Crippen LogP contribution in [0.25, 0.3) is 0 Å². The molecule has 22 heavy (non-hydrogen) atoms. The van der Waals surface area contributed by atoms with Crippen LogP contribution in [0.1, 0.15) is 44.1 Å². The molecule has 0 bridgehead atoms. The number of benzene rings is 1.